The van der Waals surface area contributed by atoms with Crippen LogP contribution in [0.15, 0.2) is 54.6 Å². The maximum Gasteiger partial charge on any atom is 0.125 e. The van der Waals surface area contributed by atoms with Gasteiger partial charge in [0.15, 0.2) is 0 Å². The first-order valence-corrected chi connectivity index (χ1v) is 6.84. The van der Waals surface area contributed by atoms with Crippen molar-refractivity contribution in [2.45, 2.75) is 25.9 Å². The molecule has 0 aromatic heterocycles. The summed E-state index contributed by atoms with van der Waals surface area (Å²) in [7, 11) is 0. The Kier molecular flexibility index (Phi) is 4.99. The second kappa shape index (κ2) is 6.95. The van der Waals surface area contributed by atoms with E-state index in [1.807, 2.05) is 30.3 Å². The van der Waals surface area contributed by atoms with Gasteiger partial charge >= 0.3 is 0 Å². The van der Waals surface area contributed by atoms with Gasteiger partial charge in [-0.2, -0.15) is 0 Å². The van der Waals surface area contributed by atoms with E-state index in [0.717, 1.165) is 18.6 Å². The minimum Gasteiger partial charge on any atom is -0.486 e. The van der Waals surface area contributed by atoms with Crippen molar-refractivity contribution >= 4 is 0 Å². The lowest BCUT2D eigenvalue weighted by molar-refractivity contribution is 0.197. The van der Waals surface area contributed by atoms with E-state index < -0.39 is 0 Å². The van der Waals surface area contributed by atoms with Gasteiger partial charge in [-0.1, -0.05) is 49.4 Å². The lowest BCUT2D eigenvalue weighted by Crippen LogP contribution is -2.13. The van der Waals surface area contributed by atoms with Crippen molar-refractivity contribution < 1.29 is 4.74 Å². The number of hydrogen-bond donors (Lipinski definition) is 1. The van der Waals surface area contributed by atoms with Gasteiger partial charge in [-0.15, -0.1) is 0 Å². The Morgan fingerprint density at radius 3 is 2.53 bits per heavy atom. The van der Waals surface area contributed by atoms with Crippen LogP contribution in [0.1, 0.15) is 30.6 Å². The van der Waals surface area contributed by atoms with E-state index >= 15 is 0 Å². The van der Waals surface area contributed by atoms with E-state index in [-0.39, 0.29) is 6.10 Å². The predicted molar refractivity (Wildman–Crippen MR) is 79.3 cm³/mol. The molecule has 0 aliphatic heterocycles. The molecule has 0 radical (unpaired) electrons. The highest BCUT2D eigenvalue weighted by Crippen LogP contribution is 2.25. The fourth-order valence-electron chi connectivity index (χ4n) is 2.12. The minimum absolute atomic E-state index is 0.0262. The second-order valence-corrected chi connectivity index (χ2v) is 4.60. The van der Waals surface area contributed by atoms with Crippen LogP contribution in [0, 0.1) is 0 Å². The molecule has 2 N–H and O–H groups in total. The van der Waals surface area contributed by atoms with Crippen LogP contribution in [0.4, 0.5) is 0 Å². The quantitative estimate of drug-likeness (QED) is 0.854. The van der Waals surface area contributed by atoms with E-state index in [0.29, 0.717) is 6.54 Å². The highest BCUT2D eigenvalue weighted by molar-refractivity contribution is 5.29. The molecular weight excluding hydrogens is 234 g/mol. The Bertz CT molecular complexity index is 496. The van der Waals surface area contributed by atoms with Crippen molar-refractivity contribution in [2.24, 2.45) is 5.73 Å². The smallest absolute Gasteiger partial charge is 0.125 e. The maximum absolute atomic E-state index is 6.10. The SMILES string of the molecule is CCc1cccc(OC(CCN)c2ccccc2)c1. The molecule has 2 aromatic carbocycles. The van der Waals surface area contributed by atoms with E-state index in [1.54, 1.807) is 0 Å². The van der Waals surface area contributed by atoms with Crippen molar-refractivity contribution in [3.63, 3.8) is 0 Å². The fraction of sp³-hybridized carbons (Fsp3) is 0.294. The largest absolute Gasteiger partial charge is 0.486 e. The second-order valence-electron chi connectivity index (χ2n) is 4.60. The van der Waals surface area contributed by atoms with Gasteiger partial charge in [-0.25, -0.2) is 0 Å². The van der Waals surface area contributed by atoms with E-state index in [1.165, 1.54) is 11.1 Å². The first-order valence-electron chi connectivity index (χ1n) is 6.84. The van der Waals surface area contributed by atoms with Crippen molar-refractivity contribution in [3.05, 3.63) is 65.7 Å². The Hall–Kier alpha value is -1.80. The Labute approximate surface area is 115 Å². The molecule has 0 spiro atoms. The number of ether oxygens (including phenoxy) is 1. The third-order valence-corrected chi connectivity index (χ3v) is 3.19. The summed E-state index contributed by atoms with van der Waals surface area (Å²) in [5, 5.41) is 0. The highest BCUT2D eigenvalue weighted by atomic mass is 16.5. The summed E-state index contributed by atoms with van der Waals surface area (Å²) in [4.78, 5) is 0. The molecule has 0 saturated carbocycles. The van der Waals surface area contributed by atoms with E-state index in [2.05, 4.69) is 31.2 Å². The summed E-state index contributed by atoms with van der Waals surface area (Å²) in [5.41, 5.74) is 8.16. The third kappa shape index (κ3) is 3.83. The summed E-state index contributed by atoms with van der Waals surface area (Å²) in [5.74, 6) is 0.918. The Morgan fingerprint density at radius 1 is 1.05 bits per heavy atom. The zero-order valence-corrected chi connectivity index (χ0v) is 11.4. The van der Waals surface area contributed by atoms with Crippen LogP contribution in [-0.2, 0) is 6.42 Å². The molecule has 0 saturated heterocycles. The average molecular weight is 255 g/mol. The molecule has 1 atom stereocenters. The molecule has 0 amide bonds. The van der Waals surface area contributed by atoms with Crippen LogP contribution in [-0.4, -0.2) is 6.54 Å². The number of nitrogens with two attached hydrogens (primary N) is 1. The topological polar surface area (TPSA) is 35.2 Å². The third-order valence-electron chi connectivity index (χ3n) is 3.19. The summed E-state index contributed by atoms with van der Waals surface area (Å²) >= 11 is 0. The molecule has 100 valence electrons. The monoisotopic (exact) mass is 255 g/mol. The molecular formula is C17H21NO. The summed E-state index contributed by atoms with van der Waals surface area (Å²) in [6.07, 6.45) is 1.86. The molecule has 2 nitrogen and oxygen atoms in total. The lowest BCUT2D eigenvalue weighted by atomic mass is 10.1. The van der Waals surface area contributed by atoms with Crippen molar-refractivity contribution in [1.29, 1.82) is 0 Å². The van der Waals surface area contributed by atoms with E-state index in [9.17, 15) is 0 Å². The Morgan fingerprint density at radius 2 is 1.84 bits per heavy atom. The summed E-state index contributed by atoms with van der Waals surface area (Å²) in [6.45, 7) is 2.76. The van der Waals surface area contributed by atoms with Crippen LogP contribution >= 0.6 is 0 Å². The van der Waals surface area contributed by atoms with Crippen LogP contribution in [0.3, 0.4) is 0 Å². The van der Waals surface area contributed by atoms with Gasteiger partial charge < -0.3 is 10.5 Å². The highest BCUT2D eigenvalue weighted by Gasteiger charge is 2.12. The molecule has 0 fully saturated rings. The van der Waals surface area contributed by atoms with Gasteiger partial charge in [0, 0.05) is 6.42 Å². The number of hydrogen-bond acceptors (Lipinski definition) is 2. The molecule has 2 aromatic rings. The first kappa shape index (κ1) is 13.6. The maximum atomic E-state index is 6.10. The van der Waals surface area contributed by atoms with Crippen molar-refractivity contribution in [3.8, 4) is 5.75 Å². The Balaban J connectivity index is 2.16. The molecule has 0 heterocycles. The van der Waals surface area contributed by atoms with Gasteiger partial charge in [0.1, 0.15) is 11.9 Å². The van der Waals surface area contributed by atoms with Crippen molar-refractivity contribution in [1.82, 2.24) is 0 Å². The first-order chi connectivity index (χ1) is 9.33. The van der Waals surface area contributed by atoms with Crippen LogP contribution in [0.2, 0.25) is 0 Å². The van der Waals surface area contributed by atoms with Gasteiger partial charge in [-0.05, 0) is 36.2 Å². The number of benzene rings is 2. The van der Waals surface area contributed by atoms with Crippen molar-refractivity contribution in [2.75, 3.05) is 6.54 Å². The fourth-order valence-corrected chi connectivity index (χ4v) is 2.12. The van der Waals surface area contributed by atoms with Crippen LogP contribution in [0.25, 0.3) is 0 Å². The molecule has 0 aliphatic rings. The zero-order chi connectivity index (χ0) is 13.5. The molecule has 19 heavy (non-hydrogen) atoms. The standard InChI is InChI=1S/C17H21NO/c1-2-14-7-6-10-16(13-14)19-17(11-12-18)15-8-4-3-5-9-15/h3-10,13,17H,2,11-12,18H2,1H3. The molecule has 2 heteroatoms. The normalized spacial score (nSPS) is 12.1. The van der Waals surface area contributed by atoms with Gasteiger partial charge in [0.25, 0.3) is 0 Å². The lowest BCUT2D eigenvalue weighted by Gasteiger charge is -2.19. The molecule has 0 bridgehead atoms. The van der Waals surface area contributed by atoms with E-state index in [4.69, 9.17) is 10.5 Å². The molecule has 1 unspecified atom stereocenters. The average Bonchev–Trinajstić information content (AvgIpc) is 2.48. The molecule has 0 aliphatic carbocycles. The number of aryl methyl sites for hydroxylation is 1. The van der Waals surface area contributed by atoms with Crippen LogP contribution < -0.4 is 10.5 Å². The predicted octanol–water partition coefficient (Wildman–Crippen LogP) is 3.72. The van der Waals surface area contributed by atoms with Gasteiger partial charge in [0.05, 0.1) is 0 Å². The number of rotatable bonds is 6. The van der Waals surface area contributed by atoms with Gasteiger partial charge in [0.2, 0.25) is 0 Å². The minimum atomic E-state index is 0.0262. The summed E-state index contributed by atoms with van der Waals surface area (Å²) in [6, 6.07) is 18.5. The molecule has 2 rings (SSSR count). The zero-order valence-electron chi connectivity index (χ0n) is 11.4. The summed E-state index contributed by atoms with van der Waals surface area (Å²) < 4.78 is 6.10. The van der Waals surface area contributed by atoms with Crippen LogP contribution in [0.5, 0.6) is 5.75 Å². The van der Waals surface area contributed by atoms with Gasteiger partial charge in [-0.3, -0.25) is 0 Å².